The van der Waals surface area contributed by atoms with Crippen molar-refractivity contribution in [3.05, 3.63) is 30.3 Å². The Bertz CT molecular complexity index is 304. The Balaban J connectivity index is 1.91. The first-order valence-corrected chi connectivity index (χ1v) is 5.05. The van der Waals surface area contributed by atoms with Crippen LogP contribution in [0.4, 0.5) is 5.69 Å². The smallest absolute Gasteiger partial charge is 0.130 e. The third-order valence-corrected chi connectivity index (χ3v) is 2.47. The zero-order valence-corrected chi connectivity index (χ0v) is 8.34. The zero-order valence-electron chi connectivity index (χ0n) is 8.34. The molecule has 3 N–H and O–H groups in total. The summed E-state index contributed by atoms with van der Waals surface area (Å²) in [6.07, 6.45) is -1.31. The normalized spacial score (nSPS) is 31.2. The van der Waals surface area contributed by atoms with Crippen LogP contribution >= 0.6 is 0 Å². The van der Waals surface area contributed by atoms with E-state index in [1.54, 1.807) is 0 Å². The van der Waals surface area contributed by atoms with Crippen LogP contribution < -0.4 is 5.32 Å². The number of anilines is 1. The molecule has 1 saturated heterocycles. The number of nitrogens with one attached hydrogen (secondary N) is 1. The van der Waals surface area contributed by atoms with Crippen LogP contribution in [0.3, 0.4) is 0 Å². The molecule has 0 radical (unpaired) electrons. The molecule has 0 aromatic heterocycles. The molecular formula is C11H15NO3. The van der Waals surface area contributed by atoms with Gasteiger partial charge in [0.2, 0.25) is 0 Å². The van der Waals surface area contributed by atoms with E-state index >= 15 is 0 Å². The second kappa shape index (κ2) is 4.61. The molecule has 2 rings (SSSR count). The Morgan fingerprint density at radius 1 is 1.13 bits per heavy atom. The highest BCUT2D eigenvalue weighted by Gasteiger charge is 2.27. The lowest BCUT2D eigenvalue weighted by Crippen LogP contribution is -2.44. The fraction of sp³-hybridized carbons (Fsp3) is 0.455. The first kappa shape index (κ1) is 10.4. The largest absolute Gasteiger partial charge is 0.390 e. The van der Waals surface area contributed by atoms with Crippen molar-refractivity contribution in [1.29, 1.82) is 0 Å². The molecule has 1 aromatic carbocycles. The minimum absolute atomic E-state index is 0.172. The molecule has 1 fully saturated rings. The number of para-hydroxylation sites is 1. The Hall–Kier alpha value is -1.10. The van der Waals surface area contributed by atoms with Crippen molar-refractivity contribution in [3.8, 4) is 0 Å². The Morgan fingerprint density at radius 2 is 1.87 bits per heavy atom. The maximum Gasteiger partial charge on any atom is 0.130 e. The van der Waals surface area contributed by atoms with E-state index in [2.05, 4.69) is 5.32 Å². The van der Waals surface area contributed by atoms with Crippen LogP contribution in [0.15, 0.2) is 30.3 Å². The first-order chi connectivity index (χ1) is 7.25. The summed E-state index contributed by atoms with van der Waals surface area (Å²) in [6.45, 7) is 0.172. The summed E-state index contributed by atoms with van der Waals surface area (Å²) in [6, 6.07) is 9.65. The predicted molar refractivity (Wildman–Crippen MR) is 56.4 cm³/mol. The van der Waals surface area contributed by atoms with Gasteiger partial charge >= 0.3 is 0 Å². The monoisotopic (exact) mass is 209 g/mol. The van der Waals surface area contributed by atoms with E-state index in [9.17, 15) is 10.2 Å². The van der Waals surface area contributed by atoms with Crippen LogP contribution in [0.25, 0.3) is 0 Å². The van der Waals surface area contributed by atoms with E-state index in [0.717, 1.165) is 5.69 Å². The fourth-order valence-corrected chi connectivity index (χ4v) is 1.59. The van der Waals surface area contributed by atoms with E-state index in [1.807, 2.05) is 30.3 Å². The lowest BCUT2D eigenvalue weighted by Gasteiger charge is -2.31. The summed E-state index contributed by atoms with van der Waals surface area (Å²) in [5.74, 6) is 0. The highest BCUT2D eigenvalue weighted by atomic mass is 16.5. The van der Waals surface area contributed by atoms with Crippen LogP contribution in [-0.2, 0) is 4.74 Å². The summed E-state index contributed by atoms with van der Waals surface area (Å²) in [5.41, 5.74) is 0.950. The summed E-state index contributed by atoms with van der Waals surface area (Å²) in [7, 11) is 0. The second-order valence-electron chi connectivity index (χ2n) is 3.70. The highest BCUT2D eigenvalue weighted by Crippen LogP contribution is 2.17. The highest BCUT2D eigenvalue weighted by molar-refractivity contribution is 5.42. The fourth-order valence-electron chi connectivity index (χ4n) is 1.59. The number of benzene rings is 1. The molecule has 3 atom stereocenters. The standard InChI is InChI=1S/C11H15NO3/c13-9-6-11(15-7-10(9)14)12-8-4-2-1-3-5-8/h1-5,9-14H,6-7H2/t9-,10+,11?/m0/s1. The predicted octanol–water partition coefficient (Wildman–Crippen LogP) is 0.567. The van der Waals surface area contributed by atoms with Crippen LogP contribution in [0.1, 0.15) is 6.42 Å². The van der Waals surface area contributed by atoms with Gasteiger partial charge in [0.25, 0.3) is 0 Å². The van der Waals surface area contributed by atoms with E-state index in [4.69, 9.17) is 4.74 Å². The molecule has 0 saturated carbocycles. The van der Waals surface area contributed by atoms with Crippen molar-refractivity contribution in [2.75, 3.05) is 11.9 Å². The summed E-state index contributed by atoms with van der Waals surface area (Å²) in [5, 5.41) is 21.9. The minimum atomic E-state index is -0.765. The molecule has 0 amide bonds. The van der Waals surface area contributed by atoms with Crippen molar-refractivity contribution in [3.63, 3.8) is 0 Å². The minimum Gasteiger partial charge on any atom is -0.390 e. The molecule has 1 unspecified atom stereocenters. The third-order valence-electron chi connectivity index (χ3n) is 2.47. The van der Waals surface area contributed by atoms with Gasteiger partial charge in [-0.1, -0.05) is 18.2 Å². The van der Waals surface area contributed by atoms with Crippen molar-refractivity contribution >= 4 is 5.69 Å². The molecule has 4 nitrogen and oxygen atoms in total. The van der Waals surface area contributed by atoms with Gasteiger partial charge in [0.05, 0.1) is 12.7 Å². The molecule has 1 heterocycles. The number of rotatable bonds is 2. The van der Waals surface area contributed by atoms with Gasteiger partial charge in [-0.15, -0.1) is 0 Å². The molecule has 1 aromatic rings. The van der Waals surface area contributed by atoms with E-state index in [0.29, 0.717) is 6.42 Å². The summed E-state index contributed by atoms with van der Waals surface area (Å²) in [4.78, 5) is 0. The molecule has 0 aliphatic carbocycles. The molecule has 1 aliphatic heterocycles. The van der Waals surface area contributed by atoms with Crippen LogP contribution in [0, 0.1) is 0 Å². The number of aliphatic hydroxyl groups excluding tert-OH is 2. The molecule has 1 aliphatic rings. The van der Waals surface area contributed by atoms with Gasteiger partial charge < -0.3 is 20.3 Å². The van der Waals surface area contributed by atoms with Gasteiger partial charge in [0.1, 0.15) is 12.3 Å². The van der Waals surface area contributed by atoms with Gasteiger partial charge in [0, 0.05) is 12.1 Å². The zero-order chi connectivity index (χ0) is 10.7. The van der Waals surface area contributed by atoms with Gasteiger partial charge in [0.15, 0.2) is 0 Å². The van der Waals surface area contributed by atoms with E-state index in [1.165, 1.54) is 0 Å². The van der Waals surface area contributed by atoms with Crippen LogP contribution in [0.5, 0.6) is 0 Å². The quantitative estimate of drug-likeness (QED) is 0.666. The van der Waals surface area contributed by atoms with Gasteiger partial charge in [-0.2, -0.15) is 0 Å². The number of ether oxygens (including phenoxy) is 1. The maximum atomic E-state index is 9.46. The average molecular weight is 209 g/mol. The van der Waals surface area contributed by atoms with Gasteiger partial charge in [-0.25, -0.2) is 0 Å². The first-order valence-electron chi connectivity index (χ1n) is 5.05. The molecular weight excluding hydrogens is 194 g/mol. The number of hydrogen-bond donors (Lipinski definition) is 3. The molecule has 4 heteroatoms. The summed E-state index contributed by atoms with van der Waals surface area (Å²) < 4.78 is 5.34. The van der Waals surface area contributed by atoms with Crippen molar-refractivity contribution in [2.45, 2.75) is 24.9 Å². The van der Waals surface area contributed by atoms with Crippen molar-refractivity contribution in [2.24, 2.45) is 0 Å². The topological polar surface area (TPSA) is 61.7 Å². The maximum absolute atomic E-state index is 9.46. The van der Waals surface area contributed by atoms with Gasteiger partial charge in [-0.3, -0.25) is 0 Å². The SMILES string of the molecule is O[C@@H]1COC(Nc2ccccc2)C[C@@H]1O. The summed E-state index contributed by atoms with van der Waals surface area (Å²) >= 11 is 0. The van der Waals surface area contributed by atoms with E-state index < -0.39 is 12.2 Å². The molecule has 0 spiro atoms. The molecule has 82 valence electrons. The second-order valence-corrected chi connectivity index (χ2v) is 3.70. The Labute approximate surface area is 88.5 Å². The average Bonchev–Trinajstić information content (AvgIpc) is 2.25. The lowest BCUT2D eigenvalue weighted by molar-refractivity contribution is -0.112. The van der Waals surface area contributed by atoms with Crippen LogP contribution in [0.2, 0.25) is 0 Å². The lowest BCUT2D eigenvalue weighted by atomic mass is 10.1. The number of hydrogen-bond acceptors (Lipinski definition) is 4. The Morgan fingerprint density at radius 3 is 2.53 bits per heavy atom. The van der Waals surface area contributed by atoms with Crippen molar-refractivity contribution in [1.82, 2.24) is 0 Å². The third kappa shape index (κ3) is 2.68. The van der Waals surface area contributed by atoms with Gasteiger partial charge in [-0.05, 0) is 12.1 Å². The van der Waals surface area contributed by atoms with E-state index in [-0.39, 0.29) is 12.8 Å². The number of aliphatic hydroxyl groups is 2. The molecule has 0 bridgehead atoms. The molecule has 15 heavy (non-hydrogen) atoms. The van der Waals surface area contributed by atoms with Crippen molar-refractivity contribution < 1.29 is 14.9 Å². The van der Waals surface area contributed by atoms with Crippen LogP contribution in [-0.4, -0.2) is 35.3 Å². The Kier molecular flexibility index (Phi) is 3.20.